The second-order valence-corrected chi connectivity index (χ2v) is 7.22. The van der Waals surface area contributed by atoms with E-state index < -0.39 is 0 Å². The van der Waals surface area contributed by atoms with Crippen LogP contribution in [0.1, 0.15) is 36.6 Å². The van der Waals surface area contributed by atoms with E-state index in [9.17, 15) is 9.59 Å². The highest BCUT2D eigenvalue weighted by atomic mass is 16.5. The van der Waals surface area contributed by atoms with Gasteiger partial charge in [-0.2, -0.15) is 0 Å². The molecule has 2 aromatic carbocycles. The summed E-state index contributed by atoms with van der Waals surface area (Å²) in [6, 6.07) is 13.3. The molecular formula is C23H31N3O3. The average Bonchev–Trinajstić information content (AvgIpc) is 2.69. The van der Waals surface area contributed by atoms with Crippen molar-refractivity contribution in [2.75, 3.05) is 32.1 Å². The zero-order chi connectivity index (χ0) is 21.4. The third-order valence-corrected chi connectivity index (χ3v) is 4.94. The van der Waals surface area contributed by atoms with Crippen molar-refractivity contribution in [3.05, 3.63) is 59.2 Å². The largest absolute Gasteiger partial charge is 0.497 e. The summed E-state index contributed by atoms with van der Waals surface area (Å²) in [5.74, 6) is 0.400. The quantitative estimate of drug-likeness (QED) is 0.680. The van der Waals surface area contributed by atoms with E-state index in [1.165, 1.54) is 11.1 Å². The second-order valence-electron chi connectivity index (χ2n) is 7.22. The number of hydrogen-bond acceptors (Lipinski definition) is 4. The van der Waals surface area contributed by atoms with Gasteiger partial charge in [-0.05, 0) is 56.1 Å². The summed E-state index contributed by atoms with van der Waals surface area (Å²) in [6.45, 7) is 8.92. The third kappa shape index (κ3) is 6.91. The van der Waals surface area contributed by atoms with Crippen LogP contribution in [-0.4, -0.2) is 43.5 Å². The maximum atomic E-state index is 12.5. The fourth-order valence-electron chi connectivity index (χ4n) is 2.99. The molecule has 0 heterocycles. The SMILES string of the molecule is CCN(CC(=O)Nc1cccc(OC)c1)CC(=O)N[C@H](C)c1ccc(C)c(C)c1. The number of hydrogen-bond donors (Lipinski definition) is 2. The summed E-state index contributed by atoms with van der Waals surface area (Å²) in [4.78, 5) is 26.6. The van der Waals surface area contributed by atoms with Crippen LogP contribution in [0.2, 0.25) is 0 Å². The molecule has 0 radical (unpaired) electrons. The van der Waals surface area contributed by atoms with Gasteiger partial charge in [-0.1, -0.05) is 31.2 Å². The molecule has 2 amide bonds. The number of nitrogens with one attached hydrogen (secondary N) is 2. The first-order valence-electron chi connectivity index (χ1n) is 9.85. The Kier molecular flexibility index (Phi) is 8.21. The molecule has 29 heavy (non-hydrogen) atoms. The zero-order valence-electron chi connectivity index (χ0n) is 17.9. The summed E-state index contributed by atoms with van der Waals surface area (Å²) in [5, 5.41) is 5.86. The molecule has 0 fully saturated rings. The fourth-order valence-corrected chi connectivity index (χ4v) is 2.99. The molecule has 2 rings (SSSR count). The number of carbonyl (C=O) groups is 2. The van der Waals surface area contributed by atoms with Gasteiger partial charge in [0.15, 0.2) is 0 Å². The molecule has 0 aromatic heterocycles. The molecule has 0 bridgehead atoms. The Bertz CT molecular complexity index is 851. The Morgan fingerprint density at radius 3 is 2.41 bits per heavy atom. The molecule has 6 nitrogen and oxygen atoms in total. The molecule has 0 aliphatic carbocycles. The summed E-state index contributed by atoms with van der Waals surface area (Å²) >= 11 is 0. The molecular weight excluding hydrogens is 366 g/mol. The van der Waals surface area contributed by atoms with Crippen LogP contribution in [-0.2, 0) is 9.59 Å². The minimum absolute atomic E-state index is 0.0916. The van der Waals surface area contributed by atoms with E-state index in [-0.39, 0.29) is 30.9 Å². The number of amides is 2. The first kappa shape index (κ1) is 22.4. The van der Waals surface area contributed by atoms with Crippen molar-refractivity contribution in [3.63, 3.8) is 0 Å². The lowest BCUT2D eigenvalue weighted by Gasteiger charge is -2.21. The van der Waals surface area contributed by atoms with Crippen LogP contribution in [0.15, 0.2) is 42.5 Å². The molecule has 2 N–H and O–H groups in total. The topological polar surface area (TPSA) is 70.7 Å². The second kappa shape index (κ2) is 10.6. The summed E-state index contributed by atoms with van der Waals surface area (Å²) in [5.41, 5.74) is 4.16. The van der Waals surface area contributed by atoms with Gasteiger partial charge in [-0.15, -0.1) is 0 Å². The average molecular weight is 398 g/mol. The highest BCUT2D eigenvalue weighted by Crippen LogP contribution is 2.17. The molecule has 0 unspecified atom stereocenters. The van der Waals surface area contributed by atoms with Crippen molar-refractivity contribution >= 4 is 17.5 Å². The monoisotopic (exact) mass is 397 g/mol. The first-order valence-corrected chi connectivity index (χ1v) is 9.85. The Morgan fingerprint density at radius 2 is 1.76 bits per heavy atom. The van der Waals surface area contributed by atoms with Crippen LogP contribution in [0.5, 0.6) is 5.75 Å². The van der Waals surface area contributed by atoms with E-state index in [0.29, 0.717) is 18.0 Å². The van der Waals surface area contributed by atoms with Crippen LogP contribution in [0.3, 0.4) is 0 Å². The van der Waals surface area contributed by atoms with Gasteiger partial charge in [0.05, 0.1) is 26.2 Å². The Morgan fingerprint density at radius 1 is 1.03 bits per heavy atom. The molecule has 0 aliphatic rings. The minimum atomic E-state index is -0.171. The maximum absolute atomic E-state index is 12.5. The van der Waals surface area contributed by atoms with Crippen molar-refractivity contribution in [3.8, 4) is 5.75 Å². The van der Waals surface area contributed by atoms with E-state index in [4.69, 9.17) is 4.74 Å². The number of ether oxygens (including phenoxy) is 1. The van der Waals surface area contributed by atoms with Crippen molar-refractivity contribution in [1.29, 1.82) is 0 Å². The highest BCUT2D eigenvalue weighted by Gasteiger charge is 2.16. The van der Waals surface area contributed by atoms with E-state index in [2.05, 4.69) is 36.6 Å². The van der Waals surface area contributed by atoms with Crippen LogP contribution in [0, 0.1) is 13.8 Å². The van der Waals surface area contributed by atoms with Crippen LogP contribution in [0.25, 0.3) is 0 Å². The Hall–Kier alpha value is -2.86. The zero-order valence-corrected chi connectivity index (χ0v) is 17.9. The van der Waals surface area contributed by atoms with Crippen LogP contribution >= 0.6 is 0 Å². The molecule has 1 atom stereocenters. The third-order valence-electron chi connectivity index (χ3n) is 4.94. The molecule has 0 saturated carbocycles. The number of carbonyl (C=O) groups excluding carboxylic acids is 2. The number of likely N-dealkylation sites (N-methyl/N-ethyl adjacent to an activating group) is 1. The van der Waals surface area contributed by atoms with Crippen LogP contribution < -0.4 is 15.4 Å². The number of anilines is 1. The summed E-state index contributed by atoms with van der Waals surface area (Å²) < 4.78 is 5.16. The first-order chi connectivity index (χ1) is 13.8. The van der Waals surface area contributed by atoms with Gasteiger partial charge < -0.3 is 15.4 Å². The summed E-state index contributed by atoms with van der Waals surface area (Å²) in [7, 11) is 1.58. The van der Waals surface area contributed by atoms with E-state index in [0.717, 1.165) is 5.56 Å². The molecule has 0 spiro atoms. The standard InChI is InChI=1S/C23H31N3O3/c1-6-26(15-23(28)25-20-8-7-9-21(13-20)29-5)14-22(27)24-18(4)19-11-10-16(2)17(3)12-19/h7-13,18H,6,14-15H2,1-5H3,(H,24,27)(H,25,28)/t18-/m1/s1. The lowest BCUT2D eigenvalue weighted by Crippen LogP contribution is -2.41. The van der Waals surface area contributed by atoms with E-state index >= 15 is 0 Å². The van der Waals surface area contributed by atoms with Gasteiger partial charge in [0.25, 0.3) is 0 Å². The molecule has 6 heteroatoms. The molecule has 0 saturated heterocycles. The van der Waals surface area contributed by atoms with E-state index in [1.54, 1.807) is 24.1 Å². The van der Waals surface area contributed by atoms with Crippen molar-refractivity contribution in [2.24, 2.45) is 0 Å². The van der Waals surface area contributed by atoms with E-state index in [1.807, 2.05) is 32.0 Å². The number of aryl methyl sites for hydroxylation is 2. The van der Waals surface area contributed by atoms with Gasteiger partial charge in [0, 0.05) is 11.8 Å². The number of nitrogens with zero attached hydrogens (tertiary/aromatic N) is 1. The van der Waals surface area contributed by atoms with Crippen molar-refractivity contribution in [2.45, 2.75) is 33.7 Å². The maximum Gasteiger partial charge on any atom is 0.238 e. The Labute approximate surface area is 173 Å². The number of methoxy groups -OCH3 is 1. The van der Waals surface area contributed by atoms with Gasteiger partial charge in [-0.3, -0.25) is 14.5 Å². The fraction of sp³-hybridized carbons (Fsp3) is 0.391. The molecule has 0 aliphatic heterocycles. The molecule has 156 valence electrons. The molecule has 2 aromatic rings. The van der Waals surface area contributed by atoms with Gasteiger partial charge in [0.1, 0.15) is 5.75 Å². The number of benzene rings is 2. The number of rotatable bonds is 9. The minimum Gasteiger partial charge on any atom is -0.497 e. The van der Waals surface area contributed by atoms with Crippen molar-refractivity contribution < 1.29 is 14.3 Å². The summed E-state index contributed by atoms with van der Waals surface area (Å²) in [6.07, 6.45) is 0. The van der Waals surface area contributed by atoms with Crippen LogP contribution in [0.4, 0.5) is 5.69 Å². The smallest absolute Gasteiger partial charge is 0.238 e. The lowest BCUT2D eigenvalue weighted by atomic mass is 10.0. The van der Waals surface area contributed by atoms with Gasteiger partial charge >= 0.3 is 0 Å². The predicted molar refractivity (Wildman–Crippen MR) is 116 cm³/mol. The Balaban J connectivity index is 1.88. The normalized spacial score (nSPS) is 11.8. The lowest BCUT2D eigenvalue weighted by molar-refractivity contribution is -0.123. The van der Waals surface area contributed by atoms with Crippen molar-refractivity contribution in [1.82, 2.24) is 10.2 Å². The van der Waals surface area contributed by atoms with Gasteiger partial charge in [0.2, 0.25) is 11.8 Å². The van der Waals surface area contributed by atoms with Gasteiger partial charge in [-0.25, -0.2) is 0 Å². The highest BCUT2D eigenvalue weighted by molar-refractivity contribution is 5.92. The predicted octanol–water partition coefficient (Wildman–Crippen LogP) is 3.45.